The maximum Gasteiger partial charge on any atom is 0.410 e. The summed E-state index contributed by atoms with van der Waals surface area (Å²) in [4.78, 5) is 27.1. The molecule has 0 bridgehead atoms. The summed E-state index contributed by atoms with van der Waals surface area (Å²) in [6, 6.07) is 10.4. The average molecular weight is 320 g/mol. The van der Waals surface area contributed by atoms with Gasteiger partial charge in [-0.1, -0.05) is 30.3 Å². The number of ether oxygens (including phenoxy) is 1. The van der Waals surface area contributed by atoms with E-state index >= 15 is 0 Å². The van der Waals surface area contributed by atoms with Gasteiger partial charge in [0.05, 0.1) is 6.54 Å². The first-order valence-corrected chi connectivity index (χ1v) is 8.65. The molecule has 0 radical (unpaired) electrons. The lowest BCUT2D eigenvalue weighted by atomic mass is 10.1. The van der Waals surface area contributed by atoms with E-state index in [4.69, 9.17) is 4.74 Å². The van der Waals surface area contributed by atoms with Crippen LogP contribution in [0.2, 0.25) is 0 Å². The monoisotopic (exact) mass is 320 g/mol. The fourth-order valence-corrected chi connectivity index (χ4v) is 4.02. The Morgan fingerprint density at radius 1 is 1.23 bits per heavy atom. The minimum absolute atomic E-state index is 0.0214. The third-order valence-electron chi connectivity index (χ3n) is 4.04. The Bertz CT molecular complexity index is 537. The van der Waals surface area contributed by atoms with Crippen molar-refractivity contribution >= 4 is 23.8 Å². The number of rotatable bonds is 3. The number of thioether (sulfide) groups is 1. The topological polar surface area (TPSA) is 49.9 Å². The van der Waals surface area contributed by atoms with E-state index in [9.17, 15) is 9.59 Å². The van der Waals surface area contributed by atoms with Crippen LogP contribution in [0.25, 0.3) is 0 Å². The minimum Gasteiger partial charge on any atom is -0.448 e. The quantitative estimate of drug-likeness (QED) is 0.856. The third kappa shape index (κ3) is 3.55. The summed E-state index contributed by atoms with van der Waals surface area (Å²) in [7, 11) is 0. The molecule has 1 atom stereocenters. The molecule has 0 spiro atoms. The molecule has 2 amide bonds. The van der Waals surface area contributed by atoms with E-state index in [0.29, 0.717) is 18.4 Å². The van der Waals surface area contributed by atoms with Gasteiger partial charge in [0.15, 0.2) is 0 Å². The van der Waals surface area contributed by atoms with E-state index in [2.05, 4.69) is 24.3 Å². The summed E-state index contributed by atoms with van der Waals surface area (Å²) in [5.41, 5.74) is 1.32. The van der Waals surface area contributed by atoms with Gasteiger partial charge in [-0.3, -0.25) is 9.69 Å². The van der Waals surface area contributed by atoms with Crippen molar-refractivity contribution in [3.8, 4) is 0 Å². The molecule has 5 nitrogen and oxygen atoms in total. The molecule has 0 saturated carbocycles. The van der Waals surface area contributed by atoms with Gasteiger partial charge in [-0.25, -0.2) is 4.79 Å². The van der Waals surface area contributed by atoms with Crippen LogP contribution in [0.5, 0.6) is 0 Å². The number of carbonyl (C=O) groups is 2. The second-order valence-corrected chi connectivity index (χ2v) is 6.79. The maximum absolute atomic E-state index is 12.4. The lowest BCUT2D eigenvalue weighted by Crippen LogP contribution is -2.41. The van der Waals surface area contributed by atoms with Gasteiger partial charge in [-0.15, -0.1) is 0 Å². The average Bonchev–Trinajstić information content (AvgIpc) is 2.80. The molecular weight excluding hydrogens is 300 g/mol. The molecule has 1 aromatic carbocycles. The summed E-state index contributed by atoms with van der Waals surface area (Å²) in [5, 5.41) is 0.441. The first kappa shape index (κ1) is 15.2. The Morgan fingerprint density at radius 3 is 2.77 bits per heavy atom. The Balaban J connectivity index is 1.56. The van der Waals surface area contributed by atoms with Crippen molar-refractivity contribution < 1.29 is 14.3 Å². The van der Waals surface area contributed by atoms with Crippen LogP contribution in [0, 0.1) is 0 Å². The smallest absolute Gasteiger partial charge is 0.410 e. The summed E-state index contributed by atoms with van der Waals surface area (Å²) in [6.45, 7) is 2.53. The Morgan fingerprint density at radius 2 is 2.05 bits per heavy atom. The third-order valence-corrected chi connectivity index (χ3v) is 5.37. The van der Waals surface area contributed by atoms with Crippen LogP contribution in [0.3, 0.4) is 0 Å². The zero-order valence-corrected chi connectivity index (χ0v) is 13.3. The van der Waals surface area contributed by atoms with Gasteiger partial charge in [0.1, 0.15) is 13.2 Å². The fraction of sp³-hybridized carbons (Fsp3) is 0.500. The molecule has 2 fully saturated rings. The van der Waals surface area contributed by atoms with Crippen molar-refractivity contribution in [2.75, 3.05) is 38.5 Å². The zero-order valence-electron chi connectivity index (χ0n) is 12.4. The molecule has 2 aliphatic rings. The van der Waals surface area contributed by atoms with Gasteiger partial charge in [0.25, 0.3) is 0 Å². The molecule has 2 aliphatic heterocycles. The van der Waals surface area contributed by atoms with Crippen LogP contribution in [0.4, 0.5) is 4.79 Å². The van der Waals surface area contributed by atoms with Crippen LogP contribution in [0.1, 0.15) is 17.2 Å². The molecule has 22 heavy (non-hydrogen) atoms. The maximum atomic E-state index is 12.4. The van der Waals surface area contributed by atoms with E-state index in [0.717, 1.165) is 25.3 Å². The molecule has 118 valence electrons. The van der Waals surface area contributed by atoms with Gasteiger partial charge in [-0.2, -0.15) is 11.8 Å². The van der Waals surface area contributed by atoms with E-state index in [-0.39, 0.29) is 18.5 Å². The highest BCUT2D eigenvalue weighted by molar-refractivity contribution is 7.99. The zero-order chi connectivity index (χ0) is 15.4. The number of benzene rings is 1. The standard InChI is InChI=1S/C16H20N2O3S/c19-15(12-18-8-10-21-16(18)20)17-7-6-14(22-11-9-17)13-4-2-1-3-5-13/h1-5,14H,6-12H2/t14-/m1/s1. The van der Waals surface area contributed by atoms with Crippen LogP contribution in [-0.2, 0) is 9.53 Å². The highest BCUT2D eigenvalue weighted by atomic mass is 32.2. The van der Waals surface area contributed by atoms with Crippen molar-refractivity contribution in [2.45, 2.75) is 11.7 Å². The van der Waals surface area contributed by atoms with E-state index in [1.54, 1.807) is 0 Å². The molecular formula is C16H20N2O3S. The number of carbonyl (C=O) groups excluding carboxylic acids is 2. The van der Waals surface area contributed by atoms with Crippen molar-refractivity contribution in [1.82, 2.24) is 9.80 Å². The lowest BCUT2D eigenvalue weighted by molar-refractivity contribution is -0.131. The summed E-state index contributed by atoms with van der Waals surface area (Å²) >= 11 is 1.90. The van der Waals surface area contributed by atoms with Gasteiger partial charge in [0, 0.05) is 24.1 Å². The van der Waals surface area contributed by atoms with Crippen molar-refractivity contribution in [2.24, 2.45) is 0 Å². The summed E-state index contributed by atoms with van der Waals surface area (Å²) < 4.78 is 4.87. The fourth-order valence-electron chi connectivity index (χ4n) is 2.79. The predicted octanol–water partition coefficient (Wildman–Crippen LogP) is 2.15. The molecule has 0 aromatic heterocycles. The number of hydrogen-bond acceptors (Lipinski definition) is 4. The van der Waals surface area contributed by atoms with Crippen LogP contribution < -0.4 is 0 Å². The van der Waals surface area contributed by atoms with Crippen LogP contribution in [0.15, 0.2) is 30.3 Å². The number of nitrogens with zero attached hydrogens (tertiary/aromatic N) is 2. The summed E-state index contributed by atoms with van der Waals surface area (Å²) in [5.74, 6) is 0.948. The van der Waals surface area contributed by atoms with Crippen molar-refractivity contribution in [3.05, 3.63) is 35.9 Å². The van der Waals surface area contributed by atoms with Crippen LogP contribution >= 0.6 is 11.8 Å². The second kappa shape index (κ2) is 7.05. The Labute approximate surface area is 134 Å². The van der Waals surface area contributed by atoms with E-state index in [1.165, 1.54) is 10.5 Å². The molecule has 6 heteroatoms. The molecule has 3 rings (SSSR count). The molecule has 0 unspecified atom stereocenters. The van der Waals surface area contributed by atoms with E-state index < -0.39 is 0 Å². The summed E-state index contributed by atoms with van der Waals surface area (Å²) in [6.07, 6.45) is 0.574. The highest BCUT2D eigenvalue weighted by Gasteiger charge is 2.28. The first-order chi connectivity index (χ1) is 10.7. The number of hydrogen-bond donors (Lipinski definition) is 0. The van der Waals surface area contributed by atoms with Crippen molar-refractivity contribution in [3.63, 3.8) is 0 Å². The molecule has 0 N–H and O–H groups in total. The molecule has 1 aromatic rings. The van der Waals surface area contributed by atoms with Crippen molar-refractivity contribution in [1.29, 1.82) is 0 Å². The largest absolute Gasteiger partial charge is 0.448 e. The minimum atomic E-state index is -0.375. The van der Waals surface area contributed by atoms with Gasteiger partial charge in [0.2, 0.25) is 5.91 Å². The first-order valence-electron chi connectivity index (χ1n) is 7.60. The van der Waals surface area contributed by atoms with E-state index in [1.807, 2.05) is 22.7 Å². The van der Waals surface area contributed by atoms with Gasteiger partial charge < -0.3 is 9.64 Å². The van der Waals surface area contributed by atoms with Gasteiger partial charge in [-0.05, 0) is 12.0 Å². The number of amides is 2. The van der Waals surface area contributed by atoms with Gasteiger partial charge >= 0.3 is 6.09 Å². The molecule has 2 saturated heterocycles. The molecule has 2 heterocycles. The van der Waals surface area contributed by atoms with Crippen LogP contribution in [-0.4, -0.2) is 60.3 Å². The predicted molar refractivity (Wildman–Crippen MR) is 85.8 cm³/mol. The second-order valence-electron chi connectivity index (χ2n) is 5.48. The number of cyclic esters (lactones) is 1. The SMILES string of the molecule is O=C(CN1CCOC1=O)N1CCS[C@@H](c2ccccc2)CC1. The normalized spacial score (nSPS) is 22.4. The Kier molecular flexibility index (Phi) is 4.87. The lowest BCUT2D eigenvalue weighted by Gasteiger charge is -2.22. The highest BCUT2D eigenvalue weighted by Crippen LogP contribution is 2.34. The molecule has 0 aliphatic carbocycles. The Hall–Kier alpha value is -1.69.